The molecule has 0 unspecified atom stereocenters. The maximum Gasteiger partial charge on any atom is 0.259 e. The van der Waals surface area contributed by atoms with Crippen molar-refractivity contribution in [3.05, 3.63) is 120 Å². The Morgan fingerprint density at radius 3 is 2.27 bits per heavy atom. The first-order chi connectivity index (χ1) is 26.7. The lowest BCUT2D eigenvalue weighted by molar-refractivity contribution is -0.151. The number of likely N-dealkylation sites (tertiary alicyclic amines) is 2. The van der Waals surface area contributed by atoms with E-state index in [0.717, 1.165) is 64.7 Å². The minimum Gasteiger partial charge on any atom is -0.508 e. The number of carbonyl (C=O) groups excluding carboxylic acids is 2. The summed E-state index contributed by atoms with van der Waals surface area (Å²) in [7, 11) is 0. The maximum atomic E-state index is 13.7. The summed E-state index contributed by atoms with van der Waals surface area (Å²) in [6.07, 6.45) is 4.92. The van der Waals surface area contributed by atoms with Crippen LogP contribution < -0.4 is 0 Å². The predicted molar refractivity (Wildman–Crippen MR) is 207 cm³/mol. The number of fused-ring (bicyclic) bond motifs is 2. The minimum absolute atomic E-state index is 0.0367. The smallest absolute Gasteiger partial charge is 0.259 e. The second-order valence-electron chi connectivity index (χ2n) is 14.8. The molecule has 5 heterocycles. The predicted octanol–water partition coefficient (Wildman–Crippen LogP) is 7.51. The average Bonchev–Trinajstić information content (AvgIpc) is 4.06. The molecule has 0 saturated carbocycles. The number of H-pyrrole nitrogens is 2. The van der Waals surface area contributed by atoms with Crippen LogP contribution in [-0.4, -0.2) is 69.8 Å². The first kappa shape index (κ1) is 34.5. The van der Waals surface area contributed by atoms with E-state index in [-0.39, 0.29) is 29.6 Å². The second kappa shape index (κ2) is 13.5. The van der Waals surface area contributed by atoms with E-state index in [0.29, 0.717) is 41.7 Å². The maximum absolute atomic E-state index is 13.7. The molecule has 2 saturated heterocycles. The number of hydrogen-bond donors (Lipinski definition) is 4. The zero-order valence-corrected chi connectivity index (χ0v) is 30.6. The number of oxazole rings is 1. The highest BCUT2D eigenvalue weighted by molar-refractivity contribution is 5.87. The number of rotatable bonds is 8. The van der Waals surface area contributed by atoms with E-state index in [1.165, 1.54) is 0 Å². The first-order valence-electron chi connectivity index (χ1n) is 18.8. The number of aromatic hydroxyl groups is 1. The number of benzene rings is 4. The molecule has 4 atom stereocenters. The number of nitrogens with zero attached hydrogens (tertiary/aromatic N) is 5. The summed E-state index contributed by atoms with van der Waals surface area (Å²) in [4.78, 5) is 52.1. The summed E-state index contributed by atoms with van der Waals surface area (Å²) in [6.45, 7) is 4.56. The number of aromatic amines is 2. The van der Waals surface area contributed by atoms with Crippen molar-refractivity contribution in [3.8, 4) is 28.5 Å². The molecule has 2 aliphatic heterocycles. The molecule has 55 heavy (non-hydrogen) atoms. The number of para-hydroxylation sites is 1. The van der Waals surface area contributed by atoms with Crippen LogP contribution >= 0.6 is 0 Å². The molecule has 278 valence electrons. The molecule has 2 amide bonds. The molecule has 0 aliphatic carbocycles. The van der Waals surface area contributed by atoms with E-state index < -0.39 is 11.5 Å². The third kappa shape index (κ3) is 6.12. The minimum atomic E-state index is -1.65. The molecule has 0 spiro atoms. The van der Waals surface area contributed by atoms with Crippen LogP contribution in [0.3, 0.4) is 0 Å². The Kier molecular flexibility index (Phi) is 8.49. The number of aliphatic hydroxyl groups is 1. The van der Waals surface area contributed by atoms with Gasteiger partial charge in [0.1, 0.15) is 17.4 Å². The standard InChI is InChI=1S/C43H41N7O5/c1-25(29-12-6-7-15-36(29)51)41(52)49-20-8-13-34(49)38-45-31-19-17-27(23-33(31)48-38)40-44-24-37(55-40)26-16-18-30-32(22-26)47-39(46-30)35-14-9-21-50(35)42(53)43(2,54)28-10-4-3-5-11-28/h3-7,10-12,15-19,22-25,34-35,51,54H,8-9,13-14,20-21H2,1-2H3,(H,45,48)(H,46,47)/t25-,34-,35-,43-/m0/s1. The Balaban J connectivity index is 0.928. The highest BCUT2D eigenvalue weighted by Gasteiger charge is 2.42. The van der Waals surface area contributed by atoms with Gasteiger partial charge >= 0.3 is 0 Å². The molecule has 4 aromatic carbocycles. The summed E-state index contributed by atoms with van der Waals surface area (Å²) < 4.78 is 6.28. The number of aromatic nitrogens is 5. The summed E-state index contributed by atoms with van der Waals surface area (Å²) >= 11 is 0. The topological polar surface area (TPSA) is 164 Å². The van der Waals surface area contributed by atoms with Crippen molar-refractivity contribution in [1.82, 2.24) is 34.7 Å². The van der Waals surface area contributed by atoms with Crippen LogP contribution in [0.1, 0.15) is 80.3 Å². The van der Waals surface area contributed by atoms with E-state index in [4.69, 9.17) is 14.4 Å². The molecule has 0 radical (unpaired) electrons. The number of carbonyl (C=O) groups is 2. The fourth-order valence-electron chi connectivity index (χ4n) is 8.21. The van der Waals surface area contributed by atoms with Gasteiger partial charge in [-0.1, -0.05) is 48.5 Å². The van der Waals surface area contributed by atoms with Gasteiger partial charge in [-0.15, -0.1) is 0 Å². The zero-order chi connectivity index (χ0) is 37.8. The van der Waals surface area contributed by atoms with Gasteiger partial charge in [0.2, 0.25) is 11.8 Å². The van der Waals surface area contributed by atoms with Crippen LogP contribution in [-0.2, 0) is 15.2 Å². The number of amides is 2. The van der Waals surface area contributed by atoms with Crippen molar-refractivity contribution in [2.75, 3.05) is 13.1 Å². The Bertz CT molecular complexity index is 2550. The highest BCUT2D eigenvalue weighted by atomic mass is 16.4. The summed E-state index contributed by atoms with van der Waals surface area (Å²) in [6, 6.07) is 27.2. The van der Waals surface area contributed by atoms with Gasteiger partial charge in [0.05, 0.1) is 46.3 Å². The van der Waals surface area contributed by atoms with E-state index in [2.05, 4.69) is 15.0 Å². The van der Waals surface area contributed by atoms with Crippen LogP contribution in [0.2, 0.25) is 0 Å². The highest BCUT2D eigenvalue weighted by Crippen LogP contribution is 2.38. The van der Waals surface area contributed by atoms with E-state index in [1.807, 2.05) is 72.5 Å². The second-order valence-corrected chi connectivity index (χ2v) is 14.8. The van der Waals surface area contributed by atoms with Gasteiger partial charge in [-0.3, -0.25) is 9.59 Å². The third-order valence-corrected chi connectivity index (χ3v) is 11.2. The summed E-state index contributed by atoms with van der Waals surface area (Å²) in [5.41, 5.74) is 4.28. The van der Waals surface area contributed by atoms with Crippen molar-refractivity contribution in [2.24, 2.45) is 0 Å². The van der Waals surface area contributed by atoms with Crippen LogP contribution in [0.4, 0.5) is 0 Å². The van der Waals surface area contributed by atoms with E-state index in [1.54, 1.807) is 48.4 Å². The van der Waals surface area contributed by atoms with Crippen LogP contribution in [0.5, 0.6) is 5.75 Å². The molecular formula is C43H41N7O5. The Morgan fingerprint density at radius 1 is 0.818 bits per heavy atom. The van der Waals surface area contributed by atoms with E-state index >= 15 is 0 Å². The molecule has 2 aliphatic rings. The molecule has 9 rings (SSSR count). The van der Waals surface area contributed by atoms with Crippen molar-refractivity contribution in [3.63, 3.8) is 0 Å². The lowest BCUT2D eigenvalue weighted by Gasteiger charge is -2.31. The van der Waals surface area contributed by atoms with Gasteiger partial charge in [0.25, 0.3) is 5.91 Å². The van der Waals surface area contributed by atoms with Gasteiger partial charge < -0.3 is 34.4 Å². The fraction of sp³-hybridized carbons (Fsp3) is 0.279. The van der Waals surface area contributed by atoms with Gasteiger partial charge in [-0.05, 0) is 87.6 Å². The molecule has 12 heteroatoms. The lowest BCUT2D eigenvalue weighted by atomic mass is 9.94. The van der Waals surface area contributed by atoms with Gasteiger partial charge in [0.15, 0.2) is 11.4 Å². The SMILES string of the molecule is C[C@H](C(=O)N1CCC[C@H]1c1nc2ccc(-c3ncc(-c4ccc5[nH]c([C@@H]6CCCN6C(=O)[C@@](C)(O)c6ccccc6)nc5c4)o3)cc2[nH]1)c1ccccc1O. The number of phenols is 1. The molecule has 3 aromatic heterocycles. The van der Waals surface area contributed by atoms with Crippen LogP contribution in [0.15, 0.2) is 102 Å². The molecule has 2 fully saturated rings. The molecular weight excluding hydrogens is 695 g/mol. The molecule has 0 bridgehead atoms. The Morgan fingerprint density at radius 2 is 1.49 bits per heavy atom. The van der Waals surface area contributed by atoms with Crippen molar-refractivity contribution >= 4 is 33.9 Å². The van der Waals surface area contributed by atoms with Crippen molar-refractivity contribution in [2.45, 2.75) is 63.1 Å². The van der Waals surface area contributed by atoms with Gasteiger partial charge in [-0.2, -0.15) is 0 Å². The quantitative estimate of drug-likeness (QED) is 0.125. The van der Waals surface area contributed by atoms with Crippen molar-refractivity contribution < 1.29 is 24.2 Å². The third-order valence-electron chi connectivity index (χ3n) is 11.2. The monoisotopic (exact) mass is 735 g/mol. The first-order valence-corrected chi connectivity index (χ1v) is 18.8. The zero-order valence-electron chi connectivity index (χ0n) is 30.6. The fourth-order valence-corrected chi connectivity index (χ4v) is 8.21. The van der Waals surface area contributed by atoms with Gasteiger partial charge in [0, 0.05) is 29.8 Å². The van der Waals surface area contributed by atoms with Crippen molar-refractivity contribution in [1.29, 1.82) is 0 Å². The number of nitrogens with one attached hydrogen (secondary N) is 2. The van der Waals surface area contributed by atoms with E-state index in [9.17, 15) is 19.8 Å². The summed E-state index contributed by atoms with van der Waals surface area (Å²) in [5, 5.41) is 21.7. The van der Waals surface area contributed by atoms with Crippen LogP contribution in [0, 0.1) is 0 Å². The average molecular weight is 736 g/mol. The molecule has 4 N–H and O–H groups in total. The largest absolute Gasteiger partial charge is 0.508 e. The van der Waals surface area contributed by atoms with Crippen LogP contribution in [0.25, 0.3) is 44.8 Å². The molecule has 7 aromatic rings. The molecule has 12 nitrogen and oxygen atoms in total. The van der Waals surface area contributed by atoms with Gasteiger partial charge in [-0.25, -0.2) is 15.0 Å². The summed E-state index contributed by atoms with van der Waals surface area (Å²) in [5.74, 6) is 1.72. The normalized spacial score (nSPS) is 19.0. The lowest BCUT2D eigenvalue weighted by Crippen LogP contribution is -2.45. The Hall–Kier alpha value is -6.27. The number of hydrogen-bond acceptors (Lipinski definition) is 8. The Labute approximate surface area is 316 Å². The number of imidazole rings is 2. The number of phenolic OH excluding ortho intramolecular Hbond substituents is 1.